The first-order valence-corrected chi connectivity index (χ1v) is 9.93. The van der Waals surface area contributed by atoms with Crippen molar-refractivity contribution in [2.24, 2.45) is 5.92 Å². The van der Waals surface area contributed by atoms with Crippen LogP contribution in [0.2, 0.25) is 0 Å². The number of ether oxygens (including phenoxy) is 4. The third-order valence-corrected chi connectivity index (χ3v) is 5.72. The van der Waals surface area contributed by atoms with Gasteiger partial charge in [-0.2, -0.15) is 0 Å². The number of carbonyl (C=O) groups is 1. The Morgan fingerprint density at radius 3 is 2.03 bits per heavy atom. The van der Waals surface area contributed by atoms with Crippen LogP contribution in [-0.4, -0.2) is 57.5 Å². The summed E-state index contributed by atoms with van der Waals surface area (Å²) in [5.74, 6) is 1.75. The minimum Gasteiger partial charge on any atom is -0.497 e. The highest BCUT2D eigenvalue weighted by atomic mass is 16.5. The number of aliphatic carboxylic acids is 1. The van der Waals surface area contributed by atoms with Crippen LogP contribution in [0, 0.1) is 5.92 Å². The summed E-state index contributed by atoms with van der Waals surface area (Å²) in [6, 6.07) is 11.2. The van der Waals surface area contributed by atoms with Crippen LogP contribution in [0.15, 0.2) is 36.4 Å². The average molecular weight is 415 g/mol. The van der Waals surface area contributed by atoms with E-state index in [9.17, 15) is 9.90 Å². The van der Waals surface area contributed by atoms with Gasteiger partial charge >= 0.3 is 5.97 Å². The molecule has 1 aliphatic rings. The summed E-state index contributed by atoms with van der Waals surface area (Å²) < 4.78 is 22.5. The molecular weight excluding hydrogens is 386 g/mol. The van der Waals surface area contributed by atoms with E-state index in [0.717, 1.165) is 11.1 Å². The lowest BCUT2D eigenvalue weighted by molar-refractivity contribution is -0.143. The standard InChI is InChI=1S/C23H29NO6/c1-27-16-8-9-17(20(14-16)30-4)22(24-12-10-15(11-13-24)23(25)26)21-18(28-2)6-5-7-19(21)29-3/h5-9,14-15,22H,10-13H2,1-4H3,(H,25,26). The molecule has 30 heavy (non-hydrogen) atoms. The fourth-order valence-corrected chi connectivity index (χ4v) is 4.13. The van der Waals surface area contributed by atoms with Crippen LogP contribution in [0.3, 0.4) is 0 Å². The van der Waals surface area contributed by atoms with E-state index in [1.807, 2.05) is 36.4 Å². The summed E-state index contributed by atoms with van der Waals surface area (Å²) in [6.07, 6.45) is 1.17. The monoisotopic (exact) mass is 415 g/mol. The van der Waals surface area contributed by atoms with Crippen LogP contribution in [-0.2, 0) is 4.79 Å². The first kappa shape index (κ1) is 21.8. The van der Waals surface area contributed by atoms with Crippen molar-refractivity contribution in [3.05, 3.63) is 47.5 Å². The lowest BCUT2D eigenvalue weighted by Crippen LogP contribution is -2.39. The van der Waals surface area contributed by atoms with Gasteiger partial charge in [-0.25, -0.2) is 0 Å². The van der Waals surface area contributed by atoms with Crippen molar-refractivity contribution in [3.63, 3.8) is 0 Å². The Labute approximate surface area is 177 Å². The molecule has 1 heterocycles. The van der Waals surface area contributed by atoms with E-state index in [2.05, 4.69) is 4.90 Å². The van der Waals surface area contributed by atoms with Gasteiger partial charge in [-0.3, -0.25) is 9.69 Å². The average Bonchev–Trinajstić information content (AvgIpc) is 2.79. The topological polar surface area (TPSA) is 77.5 Å². The molecule has 7 heteroatoms. The third-order valence-electron chi connectivity index (χ3n) is 5.72. The van der Waals surface area contributed by atoms with Crippen LogP contribution >= 0.6 is 0 Å². The highest BCUT2D eigenvalue weighted by molar-refractivity contribution is 5.70. The van der Waals surface area contributed by atoms with E-state index in [1.165, 1.54) is 0 Å². The van der Waals surface area contributed by atoms with Gasteiger partial charge in [-0.15, -0.1) is 0 Å². The number of benzene rings is 2. The Morgan fingerprint density at radius 2 is 1.53 bits per heavy atom. The van der Waals surface area contributed by atoms with E-state index < -0.39 is 5.97 Å². The maximum absolute atomic E-state index is 11.5. The van der Waals surface area contributed by atoms with Gasteiger partial charge in [0.25, 0.3) is 0 Å². The molecule has 0 aliphatic carbocycles. The molecule has 162 valence electrons. The Kier molecular flexibility index (Phi) is 7.05. The molecule has 7 nitrogen and oxygen atoms in total. The van der Waals surface area contributed by atoms with Crippen LogP contribution < -0.4 is 18.9 Å². The predicted octanol–water partition coefficient (Wildman–Crippen LogP) is 3.61. The number of carboxylic acids is 1. The van der Waals surface area contributed by atoms with Crippen molar-refractivity contribution in [1.29, 1.82) is 0 Å². The van der Waals surface area contributed by atoms with Crippen LogP contribution in [0.1, 0.15) is 30.0 Å². The predicted molar refractivity (Wildman–Crippen MR) is 113 cm³/mol. The number of hydrogen-bond acceptors (Lipinski definition) is 6. The first-order chi connectivity index (χ1) is 14.5. The molecule has 1 atom stereocenters. The van der Waals surface area contributed by atoms with E-state index in [1.54, 1.807) is 28.4 Å². The van der Waals surface area contributed by atoms with Crippen LogP contribution in [0.4, 0.5) is 0 Å². The highest BCUT2D eigenvalue weighted by Crippen LogP contribution is 2.45. The Hall–Kier alpha value is -2.93. The molecule has 3 rings (SSSR count). The first-order valence-electron chi connectivity index (χ1n) is 9.93. The van der Waals surface area contributed by atoms with E-state index in [4.69, 9.17) is 18.9 Å². The molecule has 2 aromatic rings. The molecule has 1 N–H and O–H groups in total. The van der Waals surface area contributed by atoms with Gasteiger partial charge in [0.05, 0.1) is 46.0 Å². The molecule has 0 spiro atoms. The smallest absolute Gasteiger partial charge is 0.306 e. The Bertz CT molecular complexity index is 854. The molecule has 2 aromatic carbocycles. The fraction of sp³-hybridized carbons (Fsp3) is 0.435. The molecule has 1 unspecified atom stereocenters. The van der Waals surface area contributed by atoms with Crippen molar-refractivity contribution in [3.8, 4) is 23.0 Å². The zero-order chi connectivity index (χ0) is 21.7. The summed E-state index contributed by atoms with van der Waals surface area (Å²) in [7, 11) is 6.52. The molecule has 0 radical (unpaired) electrons. The number of piperidine rings is 1. The second-order valence-corrected chi connectivity index (χ2v) is 7.24. The summed E-state index contributed by atoms with van der Waals surface area (Å²) in [6.45, 7) is 1.27. The molecule has 1 saturated heterocycles. The van der Waals surface area contributed by atoms with E-state index in [-0.39, 0.29) is 12.0 Å². The zero-order valence-electron chi connectivity index (χ0n) is 17.9. The van der Waals surface area contributed by atoms with E-state index >= 15 is 0 Å². The third kappa shape index (κ3) is 4.31. The zero-order valence-corrected chi connectivity index (χ0v) is 17.9. The van der Waals surface area contributed by atoms with Gasteiger partial charge in [0, 0.05) is 11.6 Å². The summed E-state index contributed by atoms with van der Waals surface area (Å²) in [5, 5.41) is 9.41. The number of likely N-dealkylation sites (tertiary alicyclic amines) is 1. The maximum Gasteiger partial charge on any atom is 0.306 e. The van der Waals surface area contributed by atoms with Crippen molar-refractivity contribution in [1.82, 2.24) is 4.90 Å². The van der Waals surface area contributed by atoms with Gasteiger partial charge < -0.3 is 24.1 Å². The lowest BCUT2D eigenvalue weighted by atomic mass is 9.90. The molecule has 1 fully saturated rings. The van der Waals surface area contributed by atoms with Crippen LogP contribution in [0.25, 0.3) is 0 Å². The van der Waals surface area contributed by atoms with Crippen molar-refractivity contribution >= 4 is 5.97 Å². The highest BCUT2D eigenvalue weighted by Gasteiger charge is 2.34. The quantitative estimate of drug-likeness (QED) is 0.706. The second kappa shape index (κ2) is 9.71. The van der Waals surface area contributed by atoms with Gasteiger partial charge in [-0.05, 0) is 50.2 Å². The lowest BCUT2D eigenvalue weighted by Gasteiger charge is -2.38. The number of carboxylic acid groups (broad SMARTS) is 1. The molecule has 0 amide bonds. The number of nitrogens with zero attached hydrogens (tertiary/aromatic N) is 1. The van der Waals surface area contributed by atoms with Gasteiger partial charge in [0.1, 0.15) is 23.0 Å². The van der Waals surface area contributed by atoms with Crippen molar-refractivity contribution in [2.75, 3.05) is 41.5 Å². The van der Waals surface area contributed by atoms with Crippen LogP contribution in [0.5, 0.6) is 23.0 Å². The SMILES string of the molecule is COc1ccc(C(c2c(OC)cccc2OC)N2CCC(C(=O)O)CC2)c(OC)c1. The second-order valence-electron chi connectivity index (χ2n) is 7.24. The normalized spacial score (nSPS) is 16.0. The summed E-state index contributed by atoms with van der Waals surface area (Å²) in [4.78, 5) is 13.7. The number of methoxy groups -OCH3 is 4. The van der Waals surface area contributed by atoms with Gasteiger partial charge in [0.15, 0.2) is 0 Å². The molecule has 0 saturated carbocycles. The molecule has 0 aromatic heterocycles. The molecule has 1 aliphatic heterocycles. The number of rotatable bonds is 8. The molecular formula is C23H29NO6. The maximum atomic E-state index is 11.5. The minimum absolute atomic E-state index is 0.230. The van der Waals surface area contributed by atoms with Crippen molar-refractivity contribution < 1.29 is 28.8 Å². The Balaban J connectivity index is 2.13. The molecule has 0 bridgehead atoms. The Morgan fingerprint density at radius 1 is 0.933 bits per heavy atom. The number of hydrogen-bond donors (Lipinski definition) is 1. The van der Waals surface area contributed by atoms with Gasteiger partial charge in [0.2, 0.25) is 0 Å². The summed E-state index contributed by atoms with van der Waals surface area (Å²) >= 11 is 0. The minimum atomic E-state index is -0.733. The summed E-state index contributed by atoms with van der Waals surface area (Å²) in [5.41, 5.74) is 1.83. The fourth-order valence-electron chi connectivity index (χ4n) is 4.13. The largest absolute Gasteiger partial charge is 0.497 e. The van der Waals surface area contributed by atoms with E-state index in [0.29, 0.717) is 48.9 Å². The van der Waals surface area contributed by atoms with Crippen molar-refractivity contribution in [2.45, 2.75) is 18.9 Å². The van der Waals surface area contributed by atoms with Gasteiger partial charge in [-0.1, -0.05) is 6.07 Å².